The molecule has 0 fully saturated rings. The Hall–Kier alpha value is -2.76. The third-order valence-electron chi connectivity index (χ3n) is 2.91. The van der Waals surface area contributed by atoms with Gasteiger partial charge in [0.1, 0.15) is 23.9 Å². The Morgan fingerprint density at radius 3 is 2.71 bits per heavy atom. The van der Waals surface area contributed by atoms with E-state index in [2.05, 4.69) is 5.16 Å². The summed E-state index contributed by atoms with van der Waals surface area (Å²) in [6.45, 7) is 0.0194. The molecule has 6 heteroatoms. The number of oxime groups is 1. The molecule has 0 radical (unpaired) electrons. The van der Waals surface area contributed by atoms with Gasteiger partial charge in [-0.15, -0.1) is 0 Å². The molecule has 0 saturated carbocycles. The Morgan fingerprint density at radius 2 is 2.05 bits per heavy atom. The lowest BCUT2D eigenvalue weighted by molar-refractivity contribution is 0.297. The van der Waals surface area contributed by atoms with Crippen molar-refractivity contribution >= 4 is 5.84 Å². The number of ether oxygens (including phenoxy) is 2. The number of methoxy groups -OCH3 is 1. The maximum Gasteiger partial charge on any atom is 0.173 e. The summed E-state index contributed by atoms with van der Waals surface area (Å²) in [4.78, 5) is 0. The number of para-hydroxylation sites is 1. The highest BCUT2D eigenvalue weighted by Gasteiger charge is 2.09. The molecular formula is C15H15FN2O3. The van der Waals surface area contributed by atoms with Crippen LogP contribution in [0.4, 0.5) is 4.39 Å². The van der Waals surface area contributed by atoms with Crippen LogP contribution < -0.4 is 15.2 Å². The molecule has 5 nitrogen and oxygen atoms in total. The zero-order chi connectivity index (χ0) is 15.2. The molecule has 0 aliphatic heterocycles. The van der Waals surface area contributed by atoms with Gasteiger partial charge < -0.3 is 20.4 Å². The van der Waals surface area contributed by atoms with Crippen molar-refractivity contribution in [3.05, 3.63) is 59.4 Å². The van der Waals surface area contributed by atoms with Crippen LogP contribution in [0.15, 0.2) is 47.6 Å². The van der Waals surface area contributed by atoms with E-state index >= 15 is 0 Å². The number of amidine groups is 1. The average molecular weight is 290 g/mol. The van der Waals surface area contributed by atoms with Gasteiger partial charge in [0.05, 0.1) is 12.7 Å². The van der Waals surface area contributed by atoms with E-state index in [1.165, 1.54) is 13.2 Å². The van der Waals surface area contributed by atoms with E-state index in [0.29, 0.717) is 22.6 Å². The molecule has 0 amide bonds. The van der Waals surface area contributed by atoms with E-state index < -0.39 is 5.82 Å². The molecule has 110 valence electrons. The lowest BCUT2D eigenvalue weighted by Gasteiger charge is -2.11. The van der Waals surface area contributed by atoms with Crippen LogP contribution in [-0.2, 0) is 6.61 Å². The molecule has 21 heavy (non-hydrogen) atoms. The highest BCUT2D eigenvalue weighted by atomic mass is 19.1. The first-order valence-corrected chi connectivity index (χ1v) is 6.18. The van der Waals surface area contributed by atoms with Crippen LogP contribution in [-0.4, -0.2) is 18.2 Å². The molecule has 2 aromatic carbocycles. The van der Waals surface area contributed by atoms with Gasteiger partial charge in [-0.3, -0.25) is 0 Å². The molecule has 0 spiro atoms. The molecule has 0 aliphatic carbocycles. The summed E-state index contributed by atoms with van der Waals surface area (Å²) in [6.07, 6.45) is 0. The number of halogens is 1. The summed E-state index contributed by atoms with van der Waals surface area (Å²) in [5, 5.41) is 11.7. The topological polar surface area (TPSA) is 77.1 Å². The molecule has 0 unspecified atom stereocenters. The van der Waals surface area contributed by atoms with Gasteiger partial charge in [0.15, 0.2) is 5.84 Å². The Bertz CT molecular complexity index is 659. The molecule has 0 bridgehead atoms. The third kappa shape index (κ3) is 3.42. The first kappa shape index (κ1) is 14.6. The van der Waals surface area contributed by atoms with Gasteiger partial charge in [-0.2, -0.15) is 0 Å². The zero-order valence-corrected chi connectivity index (χ0v) is 11.4. The van der Waals surface area contributed by atoms with Crippen molar-refractivity contribution in [1.29, 1.82) is 0 Å². The van der Waals surface area contributed by atoms with E-state index in [1.54, 1.807) is 36.4 Å². The van der Waals surface area contributed by atoms with Crippen LogP contribution in [0.1, 0.15) is 11.1 Å². The number of rotatable bonds is 5. The van der Waals surface area contributed by atoms with Gasteiger partial charge >= 0.3 is 0 Å². The van der Waals surface area contributed by atoms with Crippen LogP contribution in [0.5, 0.6) is 11.5 Å². The second-order valence-corrected chi connectivity index (χ2v) is 4.23. The fraction of sp³-hybridized carbons (Fsp3) is 0.133. The van der Waals surface area contributed by atoms with Crippen molar-refractivity contribution in [2.75, 3.05) is 7.11 Å². The number of hydrogen-bond acceptors (Lipinski definition) is 4. The highest BCUT2D eigenvalue weighted by molar-refractivity contribution is 5.99. The van der Waals surface area contributed by atoms with Crippen molar-refractivity contribution in [1.82, 2.24) is 0 Å². The second kappa shape index (κ2) is 6.60. The van der Waals surface area contributed by atoms with Gasteiger partial charge in [0.25, 0.3) is 0 Å². The van der Waals surface area contributed by atoms with E-state index in [4.69, 9.17) is 20.4 Å². The first-order chi connectivity index (χ1) is 10.2. The van der Waals surface area contributed by atoms with Gasteiger partial charge in [-0.05, 0) is 24.3 Å². The van der Waals surface area contributed by atoms with Crippen LogP contribution in [0.25, 0.3) is 0 Å². The van der Waals surface area contributed by atoms with Crippen LogP contribution in [0, 0.1) is 5.82 Å². The molecule has 0 heterocycles. The van der Waals surface area contributed by atoms with Crippen LogP contribution in [0.2, 0.25) is 0 Å². The molecule has 0 atom stereocenters. The number of hydrogen-bond donors (Lipinski definition) is 2. The van der Waals surface area contributed by atoms with Crippen molar-refractivity contribution < 1.29 is 19.1 Å². The fourth-order valence-electron chi connectivity index (χ4n) is 1.79. The quantitative estimate of drug-likeness (QED) is 0.384. The molecule has 0 aromatic heterocycles. The molecular weight excluding hydrogens is 275 g/mol. The SMILES string of the molecule is COc1ccc(COc2ccccc2/C(N)=N/O)c(F)c1. The Balaban J connectivity index is 2.17. The smallest absolute Gasteiger partial charge is 0.173 e. The number of benzene rings is 2. The van der Waals surface area contributed by atoms with E-state index in [1.807, 2.05) is 0 Å². The standard InChI is InChI=1S/C15H15FN2O3/c1-20-11-7-6-10(13(16)8-11)9-21-14-5-3-2-4-12(14)15(17)18-19/h2-8,19H,9H2,1H3,(H2,17,18). The van der Waals surface area contributed by atoms with Crippen LogP contribution in [0.3, 0.4) is 0 Å². The normalized spacial score (nSPS) is 11.2. The lowest BCUT2D eigenvalue weighted by Crippen LogP contribution is -2.14. The van der Waals surface area contributed by atoms with Crippen molar-refractivity contribution in [3.8, 4) is 11.5 Å². The minimum Gasteiger partial charge on any atom is -0.497 e. The van der Waals surface area contributed by atoms with Crippen molar-refractivity contribution in [2.24, 2.45) is 10.9 Å². The summed E-state index contributed by atoms with van der Waals surface area (Å²) < 4.78 is 24.3. The predicted octanol–water partition coefficient (Wildman–Crippen LogP) is 2.51. The Morgan fingerprint density at radius 1 is 1.29 bits per heavy atom. The Kier molecular flexibility index (Phi) is 4.61. The summed E-state index contributed by atoms with van der Waals surface area (Å²) in [7, 11) is 1.47. The third-order valence-corrected chi connectivity index (χ3v) is 2.91. The molecule has 3 N–H and O–H groups in total. The van der Waals surface area contributed by atoms with Crippen molar-refractivity contribution in [2.45, 2.75) is 6.61 Å². The van der Waals surface area contributed by atoms with Crippen LogP contribution >= 0.6 is 0 Å². The molecule has 2 aromatic rings. The first-order valence-electron chi connectivity index (χ1n) is 6.18. The minimum absolute atomic E-state index is 0.0194. The Labute approximate surface area is 121 Å². The molecule has 2 rings (SSSR count). The number of nitrogens with zero attached hydrogens (tertiary/aromatic N) is 1. The van der Waals surface area contributed by atoms with E-state index in [9.17, 15) is 4.39 Å². The second-order valence-electron chi connectivity index (χ2n) is 4.23. The van der Waals surface area contributed by atoms with Gasteiger partial charge in [0.2, 0.25) is 0 Å². The van der Waals surface area contributed by atoms with E-state index in [-0.39, 0.29) is 12.4 Å². The maximum absolute atomic E-state index is 13.8. The molecule has 0 saturated heterocycles. The van der Waals surface area contributed by atoms with Gasteiger partial charge in [-0.1, -0.05) is 17.3 Å². The zero-order valence-electron chi connectivity index (χ0n) is 11.4. The largest absolute Gasteiger partial charge is 0.497 e. The molecule has 0 aliphatic rings. The van der Waals surface area contributed by atoms with Crippen molar-refractivity contribution in [3.63, 3.8) is 0 Å². The predicted molar refractivity (Wildman–Crippen MR) is 76.2 cm³/mol. The average Bonchev–Trinajstić information content (AvgIpc) is 2.53. The van der Waals surface area contributed by atoms with E-state index in [0.717, 1.165) is 0 Å². The summed E-state index contributed by atoms with van der Waals surface area (Å²) in [5.74, 6) is 0.354. The lowest BCUT2D eigenvalue weighted by atomic mass is 10.2. The minimum atomic E-state index is -0.421. The van der Waals surface area contributed by atoms with Gasteiger partial charge in [0, 0.05) is 11.6 Å². The maximum atomic E-state index is 13.8. The monoisotopic (exact) mass is 290 g/mol. The fourth-order valence-corrected chi connectivity index (χ4v) is 1.79. The number of nitrogens with two attached hydrogens (primary N) is 1. The summed E-state index contributed by atoms with van der Waals surface area (Å²) in [6, 6.07) is 11.3. The highest BCUT2D eigenvalue weighted by Crippen LogP contribution is 2.21. The van der Waals surface area contributed by atoms with Gasteiger partial charge in [-0.25, -0.2) is 4.39 Å². The summed E-state index contributed by atoms with van der Waals surface area (Å²) >= 11 is 0. The summed E-state index contributed by atoms with van der Waals surface area (Å²) in [5.41, 5.74) is 6.38.